The Kier molecular flexibility index (Phi) is 14.0. The van der Waals surface area contributed by atoms with E-state index in [4.69, 9.17) is 9.47 Å². The minimum absolute atomic E-state index is 0.318. The lowest BCUT2D eigenvalue weighted by molar-refractivity contribution is 0.0692. The van der Waals surface area contributed by atoms with Crippen molar-refractivity contribution in [3.8, 4) is 29.0 Å². The molecule has 1 aromatic heterocycles. The summed E-state index contributed by atoms with van der Waals surface area (Å²) in [5.74, 6) is 7.94. The first-order valence-corrected chi connectivity index (χ1v) is 12.9. The molecule has 0 aliphatic carbocycles. The fraction of sp³-hybridized carbons (Fsp3) is 0.586. The van der Waals surface area contributed by atoms with Crippen LogP contribution in [0.15, 0.2) is 36.7 Å². The standard InChI is InChI=1S/C29H42N2O2/c1-4-6-7-8-9-10-11-15-22-33-28-23-30-29(31-24-28)27-20-18-26(19-21-27)17-14-12-13-16-25(3)32-5-2/h18-21,23-25H,4-13,15-16,22H2,1-3H3. The molecule has 0 amide bonds. The van der Waals surface area contributed by atoms with Gasteiger partial charge in [-0.1, -0.05) is 63.7 Å². The van der Waals surface area contributed by atoms with E-state index in [0.29, 0.717) is 11.9 Å². The highest BCUT2D eigenvalue weighted by molar-refractivity contribution is 5.56. The van der Waals surface area contributed by atoms with Crippen LogP contribution in [0.25, 0.3) is 11.4 Å². The Bertz CT molecular complexity index is 806. The first kappa shape index (κ1) is 26.9. The maximum Gasteiger partial charge on any atom is 0.159 e. The third-order valence-corrected chi connectivity index (χ3v) is 5.63. The van der Waals surface area contributed by atoms with Gasteiger partial charge in [0, 0.05) is 24.2 Å². The van der Waals surface area contributed by atoms with Crippen molar-refractivity contribution in [2.45, 2.75) is 97.5 Å². The molecule has 2 rings (SSSR count). The monoisotopic (exact) mass is 450 g/mol. The summed E-state index contributed by atoms with van der Waals surface area (Å²) in [6, 6.07) is 8.11. The molecule has 1 heterocycles. The van der Waals surface area contributed by atoms with Gasteiger partial charge in [0.15, 0.2) is 11.6 Å². The van der Waals surface area contributed by atoms with E-state index in [1.54, 1.807) is 12.4 Å². The highest BCUT2D eigenvalue weighted by Gasteiger charge is 2.03. The maximum atomic E-state index is 5.80. The number of nitrogens with zero attached hydrogens (tertiary/aromatic N) is 2. The van der Waals surface area contributed by atoms with E-state index in [9.17, 15) is 0 Å². The van der Waals surface area contributed by atoms with Gasteiger partial charge in [-0.2, -0.15) is 0 Å². The highest BCUT2D eigenvalue weighted by atomic mass is 16.5. The van der Waals surface area contributed by atoms with Gasteiger partial charge >= 0.3 is 0 Å². The third kappa shape index (κ3) is 11.9. The van der Waals surface area contributed by atoms with Crippen LogP contribution in [0.1, 0.15) is 97.0 Å². The molecule has 0 saturated heterocycles. The van der Waals surface area contributed by atoms with Crippen LogP contribution in [0.4, 0.5) is 0 Å². The summed E-state index contributed by atoms with van der Waals surface area (Å²) in [5.41, 5.74) is 2.00. The SMILES string of the molecule is CCCCCCCCCCOc1cnc(-c2ccc(C#CCCCC(C)OCC)cc2)nc1. The molecule has 0 aliphatic rings. The molecule has 180 valence electrons. The molecule has 0 aliphatic heterocycles. The molecule has 4 nitrogen and oxygen atoms in total. The Morgan fingerprint density at radius 1 is 0.848 bits per heavy atom. The second-order valence-electron chi connectivity index (χ2n) is 8.60. The first-order valence-electron chi connectivity index (χ1n) is 12.9. The van der Waals surface area contributed by atoms with Crippen LogP contribution in [0, 0.1) is 11.8 Å². The van der Waals surface area contributed by atoms with E-state index in [2.05, 4.69) is 35.7 Å². The summed E-state index contributed by atoms with van der Waals surface area (Å²) in [6.07, 6.45) is 17.2. The van der Waals surface area contributed by atoms with Gasteiger partial charge in [-0.25, -0.2) is 9.97 Å². The average Bonchev–Trinajstić information content (AvgIpc) is 2.84. The average molecular weight is 451 g/mol. The van der Waals surface area contributed by atoms with Crippen molar-refractivity contribution in [1.29, 1.82) is 0 Å². The molecule has 1 unspecified atom stereocenters. The number of rotatable bonds is 16. The molecule has 2 aromatic rings. The van der Waals surface area contributed by atoms with Gasteiger partial charge in [-0.3, -0.25) is 0 Å². The largest absolute Gasteiger partial charge is 0.490 e. The highest BCUT2D eigenvalue weighted by Crippen LogP contribution is 2.18. The summed E-state index contributed by atoms with van der Waals surface area (Å²) in [5, 5.41) is 0. The Labute approximate surface area is 201 Å². The summed E-state index contributed by atoms with van der Waals surface area (Å²) in [7, 11) is 0. The number of hydrogen-bond donors (Lipinski definition) is 0. The minimum Gasteiger partial charge on any atom is -0.490 e. The van der Waals surface area contributed by atoms with Crippen molar-refractivity contribution in [3.05, 3.63) is 42.2 Å². The molecule has 4 heteroatoms. The Morgan fingerprint density at radius 2 is 1.52 bits per heavy atom. The van der Waals surface area contributed by atoms with Gasteiger partial charge in [-0.15, -0.1) is 0 Å². The lowest BCUT2D eigenvalue weighted by Gasteiger charge is -2.09. The number of hydrogen-bond acceptors (Lipinski definition) is 4. The van der Waals surface area contributed by atoms with Crippen LogP contribution in [-0.4, -0.2) is 29.3 Å². The molecular weight excluding hydrogens is 408 g/mol. The van der Waals surface area contributed by atoms with Gasteiger partial charge in [0.25, 0.3) is 0 Å². The van der Waals surface area contributed by atoms with Crippen molar-refractivity contribution < 1.29 is 9.47 Å². The second kappa shape index (κ2) is 17.1. The fourth-order valence-corrected chi connectivity index (χ4v) is 3.68. The zero-order valence-corrected chi connectivity index (χ0v) is 20.9. The third-order valence-electron chi connectivity index (χ3n) is 5.63. The number of unbranched alkanes of at least 4 members (excludes halogenated alkanes) is 8. The molecule has 0 spiro atoms. The number of ether oxygens (including phenoxy) is 2. The van der Waals surface area contributed by atoms with E-state index in [0.717, 1.165) is 55.8 Å². The molecule has 0 saturated carbocycles. The maximum absolute atomic E-state index is 5.80. The lowest BCUT2D eigenvalue weighted by Crippen LogP contribution is -2.06. The smallest absolute Gasteiger partial charge is 0.159 e. The molecule has 0 N–H and O–H groups in total. The van der Waals surface area contributed by atoms with Crippen LogP contribution in [0.2, 0.25) is 0 Å². The van der Waals surface area contributed by atoms with Crippen LogP contribution in [0.3, 0.4) is 0 Å². The second-order valence-corrected chi connectivity index (χ2v) is 8.60. The fourth-order valence-electron chi connectivity index (χ4n) is 3.68. The van der Waals surface area contributed by atoms with Crippen molar-refractivity contribution in [2.75, 3.05) is 13.2 Å². The predicted octanol–water partition coefficient (Wildman–Crippen LogP) is 7.61. The zero-order valence-electron chi connectivity index (χ0n) is 20.9. The van der Waals surface area contributed by atoms with Crippen molar-refractivity contribution in [1.82, 2.24) is 9.97 Å². The molecule has 1 aromatic carbocycles. The minimum atomic E-state index is 0.318. The zero-order chi connectivity index (χ0) is 23.6. The van der Waals surface area contributed by atoms with E-state index in [1.807, 2.05) is 31.2 Å². The summed E-state index contributed by atoms with van der Waals surface area (Å²) >= 11 is 0. The molecule has 0 radical (unpaired) electrons. The normalized spacial score (nSPS) is 11.6. The van der Waals surface area contributed by atoms with Gasteiger partial charge < -0.3 is 9.47 Å². The number of aromatic nitrogens is 2. The van der Waals surface area contributed by atoms with Crippen LogP contribution < -0.4 is 4.74 Å². The van der Waals surface area contributed by atoms with E-state index < -0.39 is 0 Å². The Balaban J connectivity index is 1.67. The van der Waals surface area contributed by atoms with Crippen LogP contribution >= 0.6 is 0 Å². The first-order chi connectivity index (χ1) is 16.2. The van der Waals surface area contributed by atoms with Crippen LogP contribution in [-0.2, 0) is 4.74 Å². The Morgan fingerprint density at radius 3 is 2.18 bits per heavy atom. The van der Waals surface area contributed by atoms with Gasteiger partial charge in [0.1, 0.15) is 0 Å². The van der Waals surface area contributed by atoms with Crippen molar-refractivity contribution >= 4 is 0 Å². The van der Waals surface area contributed by atoms with Crippen LogP contribution in [0.5, 0.6) is 5.75 Å². The van der Waals surface area contributed by atoms with Crippen molar-refractivity contribution in [3.63, 3.8) is 0 Å². The summed E-state index contributed by atoms with van der Waals surface area (Å²) < 4.78 is 11.4. The quantitative estimate of drug-likeness (QED) is 0.195. The molecule has 33 heavy (non-hydrogen) atoms. The van der Waals surface area contributed by atoms with Gasteiger partial charge in [0.05, 0.1) is 25.1 Å². The van der Waals surface area contributed by atoms with Gasteiger partial charge in [0.2, 0.25) is 0 Å². The molecule has 1 atom stereocenters. The lowest BCUT2D eigenvalue weighted by atomic mass is 10.1. The van der Waals surface area contributed by atoms with Crippen molar-refractivity contribution in [2.24, 2.45) is 0 Å². The molecule has 0 bridgehead atoms. The topological polar surface area (TPSA) is 44.2 Å². The summed E-state index contributed by atoms with van der Waals surface area (Å²) in [4.78, 5) is 8.94. The van der Waals surface area contributed by atoms with E-state index in [-0.39, 0.29) is 0 Å². The van der Waals surface area contributed by atoms with Gasteiger partial charge in [-0.05, 0) is 57.4 Å². The summed E-state index contributed by atoms with van der Waals surface area (Å²) in [6.45, 7) is 7.92. The molecule has 0 fully saturated rings. The Hall–Kier alpha value is -2.38. The van der Waals surface area contributed by atoms with E-state index in [1.165, 1.54) is 44.9 Å². The number of benzene rings is 1. The van der Waals surface area contributed by atoms with E-state index >= 15 is 0 Å². The molecular formula is C29H42N2O2. The predicted molar refractivity (Wildman–Crippen MR) is 137 cm³/mol.